The van der Waals surface area contributed by atoms with Gasteiger partial charge in [0.25, 0.3) is 0 Å². The fraction of sp³-hybridized carbons (Fsp3) is 0.222. The molecule has 3 N–H and O–H groups in total. The van der Waals surface area contributed by atoms with Crippen LogP contribution in [0.5, 0.6) is 0 Å². The van der Waals surface area contributed by atoms with Crippen LogP contribution in [0.3, 0.4) is 0 Å². The molecule has 0 spiro atoms. The van der Waals surface area contributed by atoms with Gasteiger partial charge in [0.05, 0.1) is 30.8 Å². The Morgan fingerprint density at radius 2 is 1.97 bits per heavy atom. The molecule has 1 aliphatic heterocycles. The highest BCUT2D eigenvalue weighted by Crippen LogP contribution is 2.29. The Bertz CT molecular complexity index is 1400. The summed E-state index contributed by atoms with van der Waals surface area (Å²) in [5, 5.41) is 2.79. The summed E-state index contributed by atoms with van der Waals surface area (Å²) in [5.74, 6) is 0.130. The number of nitrogens with one attached hydrogen (secondary N) is 1. The largest absolute Gasteiger partial charge is 0.378 e. The number of fused-ring (bicyclic) bond motifs is 3. The molecule has 0 atom stereocenters. The van der Waals surface area contributed by atoms with Crippen LogP contribution >= 0.6 is 0 Å². The number of aldehydes is 1. The lowest BCUT2D eigenvalue weighted by atomic mass is 10.0. The van der Waals surface area contributed by atoms with Gasteiger partial charge in [0.2, 0.25) is 5.91 Å². The van der Waals surface area contributed by atoms with Crippen molar-refractivity contribution in [3.63, 3.8) is 0 Å². The summed E-state index contributed by atoms with van der Waals surface area (Å²) in [7, 11) is 0. The van der Waals surface area contributed by atoms with Crippen LogP contribution in [0.15, 0.2) is 48.7 Å². The number of aromatic nitrogens is 2. The monoisotopic (exact) mass is 454 g/mol. The first kappa shape index (κ1) is 22.0. The Labute approximate surface area is 197 Å². The van der Waals surface area contributed by atoms with Crippen molar-refractivity contribution in [2.75, 3.05) is 26.3 Å². The third kappa shape index (κ3) is 4.35. The number of carbonyl (C=O) groups excluding carboxylic acids is 2. The van der Waals surface area contributed by atoms with Gasteiger partial charge in [-0.2, -0.15) is 0 Å². The van der Waals surface area contributed by atoms with E-state index in [1.165, 1.54) is 0 Å². The number of hydrogen-bond donors (Lipinski definition) is 2. The van der Waals surface area contributed by atoms with Gasteiger partial charge in [-0.05, 0) is 28.7 Å². The molecule has 1 aliphatic rings. The number of H-pyrrole nitrogens is 1. The van der Waals surface area contributed by atoms with Crippen molar-refractivity contribution >= 4 is 46.0 Å². The number of amides is 1. The van der Waals surface area contributed by atoms with Gasteiger partial charge in [-0.25, -0.2) is 0 Å². The van der Waals surface area contributed by atoms with E-state index in [4.69, 9.17) is 10.5 Å². The summed E-state index contributed by atoms with van der Waals surface area (Å²) in [6, 6.07) is 13.9. The second kappa shape index (κ2) is 9.59. The van der Waals surface area contributed by atoms with E-state index in [1.807, 2.05) is 65.7 Å². The normalized spacial score (nSPS) is 14.3. The topological polar surface area (TPSA) is 101 Å². The molecule has 3 heterocycles. The van der Waals surface area contributed by atoms with E-state index in [2.05, 4.69) is 9.97 Å². The highest BCUT2D eigenvalue weighted by atomic mass is 16.5. The quantitative estimate of drug-likeness (QED) is 0.434. The molecule has 0 bridgehead atoms. The minimum Gasteiger partial charge on any atom is -0.378 e. The lowest BCUT2D eigenvalue weighted by molar-refractivity contribution is -0.134. The highest BCUT2D eigenvalue weighted by molar-refractivity contribution is 6.11. The fourth-order valence-corrected chi connectivity index (χ4v) is 4.42. The Kier molecular flexibility index (Phi) is 6.20. The maximum atomic E-state index is 12.6. The minimum atomic E-state index is 0.130. The van der Waals surface area contributed by atoms with Crippen molar-refractivity contribution in [3.05, 3.63) is 76.7 Å². The number of ether oxygens (including phenoxy) is 1. The van der Waals surface area contributed by atoms with Crippen molar-refractivity contribution in [1.29, 1.82) is 0 Å². The van der Waals surface area contributed by atoms with E-state index in [0.717, 1.165) is 44.8 Å². The van der Waals surface area contributed by atoms with Crippen LogP contribution in [-0.2, 0) is 22.5 Å². The molecular formula is C27H26N4O3. The number of aromatic amines is 1. The summed E-state index contributed by atoms with van der Waals surface area (Å²) >= 11 is 0. The van der Waals surface area contributed by atoms with E-state index in [9.17, 15) is 9.59 Å². The van der Waals surface area contributed by atoms with E-state index in [0.29, 0.717) is 44.0 Å². The Morgan fingerprint density at radius 1 is 1.12 bits per heavy atom. The number of rotatable bonds is 6. The molecule has 7 nitrogen and oxygen atoms in total. The molecule has 1 saturated heterocycles. The van der Waals surface area contributed by atoms with E-state index >= 15 is 0 Å². The third-order valence-electron chi connectivity index (χ3n) is 6.23. The predicted octanol–water partition coefficient (Wildman–Crippen LogP) is 3.56. The average molecular weight is 455 g/mol. The fourth-order valence-electron chi connectivity index (χ4n) is 4.42. The lowest BCUT2D eigenvalue weighted by Crippen LogP contribution is -2.41. The molecule has 0 unspecified atom stereocenters. The zero-order valence-electron chi connectivity index (χ0n) is 18.8. The third-order valence-corrected chi connectivity index (χ3v) is 6.23. The number of pyridine rings is 1. The highest BCUT2D eigenvalue weighted by Gasteiger charge is 2.17. The molecular weight excluding hydrogens is 428 g/mol. The first-order valence-electron chi connectivity index (χ1n) is 11.4. The molecule has 2 aromatic heterocycles. The number of hydrogen-bond acceptors (Lipinski definition) is 5. The molecule has 0 aliphatic carbocycles. The first-order valence-corrected chi connectivity index (χ1v) is 11.4. The van der Waals surface area contributed by atoms with Gasteiger partial charge in [-0.15, -0.1) is 0 Å². The van der Waals surface area contributed by atoms with Crippen molar-refractivity contribution in [2.24, 2.45) is 5.73 Å². The first-order chi connectivity index (χ1) is 16.7. The molecule has 0 radical (unpaired) electrons. The summed E-state index contributed by atoms with van der Waals surface area (Å²) in [6.45, 7) is 2.74. The summed E-state index contributed by atoms with van der Waals surface area (Å²) in [5.41, 5.74) is 10.7. The van der Waals surface area contributed by atoms with Crippen molar-refractivity contribution in [3.8, 4) is 0 Å². The van der Waals surface area contributed by atoms with Gasteiger partial charge >= 0.3 is 0 Å². The van der Waals surface area contributed by atoms with Crippen LogP contribution in [0.4, 0.5) is 0 Å². The molecule has 7 heteroatoms. The summed E-state index contributed by atoms with van der Waals surface area (Å²) in [4.78, 5) is 33.9. The maximum absolute atomic E-state index is 12.6. The van der Waals surface area contributed by atoms with Gasteiger partial charge in [0.1, 0.15) is 0 Å². The van der Waals surface area contributed by atoms with Gasteiger partial charge in [-0.1, -0.05) is 42.5 Å². The predicted molar refractivity (Wildman–Crippen MR) is 133 cm³/mol. The SMILES string of the molecule is NCc1nc2c(ccc3c[nH]c(/C=C/c4cccc(CC(=O)N5CCOCC5)c4)cc32)c1C=O. The molecule has 0 saturated carbocycles. The smallest absolute Gasteiger partial charge is 0.227 e. The van der Waals surface area contributed by atoms with Crippen LogP contribution in [0.1, 0.15) is 32.9 Å². The van der Waals surface area contributed by atoms with Crippen LogP contribution in [-0.4, -0.2) is 53.4 Å². The van der Waals surface area contributed by atoms with Gasteiger partial charge in [-0.3, -0.25) is 14.6 Å². The maximum Gasteiger partial charge on any atom is 0.227 e. The number of benzene rings is 2. The van der Waals surface area contributed by atoms with Crippen molar-refractivity contribution in [2.45, 2.75) is 13.0 Å². The molecule has 5 rings (SSSR count). The Morgan fingerprint density at radius 3 is 2.76 bits per heavy atom. The zero-order valence-corrected chi connectivity index (χ0v) is 18.8. The Hall–Kier alpha value is -3.81. The van der Waals surface area contributed by atoms with Crippen molar-refractivity contribution < 1.29 is 14.3 Å². The molecule has 1 fully saturated rings. The molecule has 1 amide bonds. The van der Waals surface area contributed by atoms with Crippen LogP contribution in [0.25, 0.3) is 33.8 Å². The number of nitrogens with two attached hydrogens (primary N) is 1. The lowest BCUT2D eigenvalue weighted by Gasteiger charge is -2.26. The van der Waals surface area contributed by atoms with Crippen LogP contribution in [0, 0.1) is 0 Å². The second-order valence-corrected chi connectivity index (χ2v) is 8.40. The molecule has 2 aromatic carbocycles. The summed E-state index contributed by atoms with van der Waals surface area (Å²) in [6.07, 6.45) is 7.15. The van der Waals surface area contributed by atoms with E-state index in [1.54, 1.807) is 0 Å². The van der Waals surface area contributed by atoms with Gasteiger partial charge in [0, 0.05) is 47.9 Å². The minimum absolute atomic E-state index is 0.130. The Balaban J connectivity index is 1.40. The zero-order chi connectivity index (χ0) is 23.5. The summed E-state index contributed by atoms with van der Waals surface area (Å²) < 4.78 is 5.33. The second-order valence-electron chi connectivity index (χ2n) is 8.40. The van der Waals surface area contributed by atoms with Gasteiger partial charge in [0.15, 0.2) is 6.29 Å². The van der Waals surface area contributed by atoms with E-state index in [-0.39, 0.29) is 12.5 Å². The molecule has 34 heavy (non-hydrogen) atoms. The standard InChI is InChI=1S/C27H26N4O3/c28-15-25-24(17-32)22-7-5-20-16-29-21(14-23(20)27(22)30-25)6-4-18-2-1-3-19(12-18)13-26(33)31-8-10-34-11-9-31/h1-7,12,14,16-17,29H,8-11,13,15,28H2/b6-4+. The number of carbonyl (C=O) groups is 2. The van der Waals surface area contributed by atoms with Crippen molar-refractivity contribution in [1.82, 2.24) is 14.9 Å². The van der Waals surface area contributed by atoms with Crippen LogP contribution < -0.4 is 5.73 Å². The average Bonchev–Trinajstić information content (AvgIpc) is 3.26. The molecule has 4 aromatic rings. The number of morpholine rings is 1. The molecule has 172 valence electrons. The van der Waals surface area contributed by atoms with Gasteiger partial charge < -0.3 is 20.4 Å². The number of nitrogens with zero attached hydrogens (tertiary/aromatic N) is 2. The van der Waals surface area contributed by atoms with Crippen LogP contribution in [0.2, 0.25) is 0 Å². The van der Waals surface area contributed by atoms with E-state index < -0.39 is 0 Å².